The number of rotatable bonds is 6. The largest absolute Gasteiger partial charge is 0.435 e. The summed E-state index contributed by atoms with van der Waals surface area (Å²) in [6.45, 7) is -0.415. The van der Waals surface area contributed by atoms with Crippen LogP contribution in [0.2, 0.25) is 0 Å². The molecule has 0 radical (unpaired) electrons. The number of carbonyl (C=O) groups is 2. The van der Waals surface area contributed by atoms with Gasteiger partial charge in [0.15, 0.2) is 17.6 Å². The second-order valence-electron chi connectivity index (χ2n) is 3.71. The first-order valence-corrected chi connectivity index (χ1v) is 5.37. The molecule has 0 bridgehead atoms. The van der Waals surface area contributed by atoms with Crippen molar-refractivity contribution in [3.8, 4) is 5.75 Å². The summed E-state index contributed by atoms with van der Waals surface area (Å²) in [5.41, 5.74) is 0.328. The van der Waals surface area contributed by atoms with E-state index in [-0.39, 0.29) is 5.75 Å². The molecule has 0 saturated heterocycles. The van der Waals surface area contributed by atoms with E-state index in [4.69, 9.17) is 0 Å². The minimum atomic E-state index is -2.90. The zero-order chi connectivity index (χ0) is 14.4. The Morgan fingerprint density at radius 2 is 1.63 bits per heavy atom. The first kappa shape index (κ1) is 14.9. The quantitative estimate of drug-likeness (QED) is 0.589. The number of hydrogen-bond donors (Lipinski definition) is 0. The molecule has 19 heavy (non-hydrogen) atoms. The zero-order valence-corrected chi connectivity index (χ0v) is 10.3. The van der Waals surface area contributed by atoms with Crippen molar-refractivity contribution in [2.75, 3.05) is 0 Å². The van der Waals surface area contributed by atoms with E-state index in [0.29, 0.717) is 5.69 Å². The van der Waals surface area contributed by atoms with Gasteiger partial charge in [0.2, 0.25) is 0 Å². The Kier molecular flexibility index (Phi) is 5.23. The molecule has 1 aromatic rings. The molecule has 0 aliphatic carbocycles. The minimum absolute atomic E-state index is 0.0105. The number of Topliss-reactive ketones (excluding diaryl/α,β-unsaturated/α-hetero) is 2. The molecule has 102 valence electrons. The van der Waals surface area contributed by atoms with Crippen LogP contribution in [0.25, 0.3) is 0 Å². The summed E-state index contributed by atoms with van der Waals surface area (Å²) in [6.07, 6.45) is 0. The number of ether oxygens (including phenoxy) is 1. The lowest BCUT2D eigenvalue weighted by Gasteiger charge is -2.04. The third-order valence-electron chi connectivity index (χ3n) is 2.12. The van der Waals surface area contributed by atoms with Gasteiger partial charge in [-0.15, -0.1) is 0 Å². The number of azo groups is 1. The second-order valence-corrected chi connectivity index (χ2v) is 3.71. The van der Waals surface area contributed by atoms with Gasteiger partial charge in [0.05, 0.1) is 5.69 Å². The van der Waals surface area contributed by atoms with Gasteiger partial charge in [-0.3, -0.25) is 9.59 Å². The second kappa shape index (κ2) is 6.67. The molecule has 0 spiro atoms. The SMILES string of the molecule is CC(=O)C(N=Nc1ccc(OC(F)F)cc1)C(C)=O. The normalized spacial score (nSPS) is 11.3. The molecule has 1 aromatic carbocycles. The van der Waals surface area contributed by atoms with E-state index in [1.54, 1.807) is 0 Å². The maximum atomic E-state index is 11.9. The van der Waals surface area contributed by atoms with Crippen molar-refractivity contribution in [1.82, 2.24) is 0 Å². The number of benzene rings is 1. The molecule has 0 fully saturated rings. The molecule has 0 aliphatic heterocycles. The highest BCUT2D eigenvalue weighted by atomic mass is 19.3. The highest BCUT2D eigenvalue weighted by Gasteiger charge is 2.18. The maximum absolute atomic E-state index is 11.9. The molecule has 0 N–H and O–H groups in total. The van der Waals surface area contributed by atoms with Crippen LogP contribution >= 0.6 is 0 Å². The smallest absolute Gasteiger partial charge is 0.387 e. The topological polar surface area (TPSA) is 68.1 Å². The van der Waals surface area contributed by atoms with Gasteiger partial charge in [-0.05, 0) is 38.1 Å². The monoisotopic (exact) mass is 270 g/mol. The van der Waals surface area contributed by atoms with E-state index in [1.165, 1.54) is 38.1 Å². The summed E-state index contributed by atoms with van der Waals surface area (Å²) in [5.74, 6) is -0.827. The molecule has 0 saturated carbocycles. The van der Waals surface area contributed by atoms with E-state index < -0.39 is 24.2 Å². The van der Waals surface area contributed by atoms with Gasteiger partial charge in [-0.25, -0.2) is 0 Å². The number of ketones is 2. The lowest BCUT2D eigenvalue weighted by Crippen LogP contribution is -2.23. The number of halogens is 2. The standard InChI is InChI=1S/C12H12F2N2O3/c1-7(17)11(8(2)18)16-15-9-3-5-10(6-4-9)19-12(13)14/h3-6,11-12H,1-2H3. The van der Waals surface area contributed by atoms with Gasteiger partial charge < -0.3 is 4.74 Å². The van der Waals surface area contributed by atoms with Gasteiger partial charge in [0.1, 0.15) is 5.75 Å². The third kappa shape index (κ3) is 4.90. The zero-order valence-electron chi connectivity index (χ0n) is 10.3. The van der Waals surface area contributed by atoms with Crippen LogP contribution in [0.1, 0.15) is 13.8 Å². The molecule has 0 unspecified atom stereocenters. The minimum Gasteiger partial charge on any atom is -0.435 e. The summed E-state index contributed by atoms with van der Waals surface area (Å²) < 4.78 is 28.0. The van der Waals surface area contributed by atoms with Crippen LogP contribution in [0.4, 0.5) is 14.5 Å². The van der Waals surface area contributed by atoms with Crippen LogP contribution in [-0.2, 0) is 9.59 Å². The van der Waals surface area contributed by atoms with Crippen LogP contribution in [0.15, 0.2) is 34.5 Å². The molecule has 0 atom stereocenters. The average molecular weight is 270 g/mol. The van der Waals surface area contributed by atoms with Crippen molar-refractivity contribution in [3.05, 3.63) is 24.3 Å². The molecule has 1 rings (SSSR count). The number of nitrogens with zero attached hydrogens (tertiary/aromatic N) is 2. The van der Waals surface area contributed by atoms with Gasteiger partial charge >= 0.3 is 6.61 Å². The fraction of sp³-hybridized carbons (Fsp3) is 0.333. The van der Waals surface area contributed by atoms with E-state index in [9.17, 15) is 18.4 Å². The van der Waals surface area contributed by atoms with Crippen molar-refractivity contribution in [3.63, 3.8) is 0 Å². The molecule has 5 nitrogen and oxygen atoms in total. The van der Waals surface area contributed by atoms with Gasteiger partial charge in [-0.2, -0.15) is 19.0 Å². The highest BCUT2D eigenvalue weighted by molar-refractivity contribution is 6.04. The Labute approximate surface area is 108 Å². The Hall–Kier alpha value is -2.18. The number of carbonyl (C=O) groups excluding carboxylic acids is 2. The van der Waals surface area contributed by atoms with Crippen LogP contribution < -0.4 is 4.74 Å². The van der Waals surface area contributed by atoms with E-state index in [2.05, 4.69) is 15.0 Å². The Morgan fingerprint density at radius 1 is 1.11 bits per heavy atom. The third-order valence-corrected chi connectivity index (χ3v) is 2.12. The fourth-order valence-electron chi connectivity index (χ4n) is 1.27. The number of hydrogen-bond acceptors (Lipinski definition) is 5. The summed E-state index contributed by atoms with van der Waals surface area (Å²) >= 11 is 0. The summed E-state index contributed by atoms with van der Waals surface area (Å²) in [7, 11) is 0. The summed E-state index contributed by atoms with van der Waals surface area (Å²) in [6, 6.07) is 4.22. The van der Waals surface area contributed by atoms with E-state index >= 15 is 0 Å². The van der Waals surface area contributed by atoms with Crippen molar-refractivity contribution >= 4 is 17.3 Å². The molecule has 0 heterocycles. The van der Waals surface area contributed by atoms with E-state index in [0.717, 1.165) is 0 Å². The first-order chi connectivity index (χ1) is 8.90. The molecule has 7 heteroatoms. The maximum Gasteiger partial charge on any atom is 0.387 e. The Morgan fingerprint density at radius 3 is 2.05 bits per heavy atom. The lowest BCUT2D eigenvalue weighted by atomic mass is 10.1. The Bertz CT molecular complexity index is 472. The average Bonchev–Trinajstić information content (AvgIpc) is 2.29. The predicted octanol–water partition coefficient (Wildman–Crippen LogP) is 2.92. The van der Waals surface area contributed by atoms with Gasteiger partial charge in [0, 0.05) is 0 Å². The van der Waals surface area contributed by atoms with Crippen molar-refractivity contribution in [2.45, 2.75) is 26.5 Å². The van der Waals surface area contributed by atoms with Crippen LogP contribution in [0, 0.1) is 0 Å². The van der Waals surface area contributed by atoms with E-state index in [1.807, 2.05) is 0 Å². The number of alkyl halides is 2. The van der Waals surface area contributed by atoms with Crippen molar-refractivity contribution in [1.29, 1.82) is 0 Å². The molecule has 0 aliphatic rings. The van der Waals surface area contributed by atoms with Gasteiger partial charge in [0.25, 0.3) is 0 Å². The summed E-state index contributed by atoms with van der Waals surface area (Å²) in [5, 5.41) is 7.33. The molecular formula is C12H12F2N2O3. The first-order valence-electron chi connectivity index (χ1n) is 5.37. The fourth-order valence-corrected chi connectivity index (χ4v) is 1.27. The predicted molar refractivity (Wildman–Crippen MR) is 62.7 cm³/mol. The van der Waals surface area contributed by atoms with Crippen LogP contribution in [0.5, 0.6) is 5.75 Å². The van der Waals surface area contributed by atoms with Crippen LogP contribution in [0.3, 0.4) is 0 Å². The summed E-state index contributed by atoms with van der Waals surface area (Å²) in [4.78, 5) is 22.2. The molecule has 0 aromatic heterocycles. The highest BCUT2D eigenvalue weighted by Crippen LogP contribution is 2.20. The Balaban J connectivity index is 2.76. The van der Waals surface area contributed by atoms with Crippen LogP contribution in [-0.4, -0.2) is 24.2 Å². The van der Waals surface area contributed by atoms with Crippen molar-refractivity contribution < 1.29 is 23.1 Å². The molecular weight excluding hydrogens is 258 g/mol. The molecule has 0 amide bonds. The lowest BCUT2D eigenvalue weighted by molar-refractivity contribution is -0.126. The van der Waals surface area contributed by atoms with Gasteiger partial charge in [-0.1, -0.05) is 0 Å². The van der Waals surface area contributed by atoms with Crippen molar-refractivity contribution in [2.24, 2.45) is 10.2 Å².